The average molecular weight is 291 g/mol. The Hall–Kier alpha value is -1.26. The molecule has 4 nitrogen and oxygen atoms in total. The van der Waals surface area contributed by atoms with Gasteiger partial charge in [0.15, 0.2) is 0 Å². The van der Waals surface area contributed by atoms with Crippen LogP contribution in [0.5, 0.6) is 5.75 Å². The number of anilines is 1. The zero-order valence-corrected chi connectivity index (χ0v) is 13.4. The molecular formula is C17H29N3O. The summed E-state index contributed by atoms with van der Waals surface area (Å²) in [6, 6.07) is 8.38. The van der Waals surface area contributed by atoms with Crippen LogP contribution in [-0.2, 0) is 0 Å². The molecule has 0 radical (unpaired) electrons. The third kappa shape index (κ3) is 5.21. The fourth-order valence-electron chi connectivity index (χ4n) is 2.97. The van der Waals surface area contributed by atoms with E-state index in [0.29, 0.717) is 0 Å². The van der Waals surface area contributed by atoms with Crippen LogP contribution in [0.25, 0.3) is 0 Å². The van der Waals surface area contributed by atoms with E-state index in [9.17, 15) is 0 Å². The Bertz CT molecular complexity index is 416. The molecule has 1 saturated heterocycles. The summed E-state index contributed by atoms with van der Waals surface area (Å²) in [5.74, 6) is 0.869. The summed E-state index contributed by atoms with van der Waals surface area (Å²) in [4.78, 5) is 5.03. The van der Waals surface area contributed by atoms with Crippen LogP contribution in [0.15, 0.2) is 24.3 Å². The number of benzene rings is 1. The molecule has 1 aliphatic heterocycles. The van der Waals surface area contributed by atoms with Gasteiger partial charge in [-0.1, -0.05) is 13.0 Å². The van der Waals surface area contributed by atoms with Gasteiger partial charge in [0.25, 0.3) is 0 Å². The second kappa shape index (κ2) is 8.25. The smallest absolute Gasteiger partial charge is 0.121 e. The normalized spacial score (nSPS) is 17.3. The average Bonchev–Trinajstić information content (AvgIpc) is 2.51. The number of likely N-dealkylation sites (tertiary alicyclic amines) is 1. The molecule has 1 heterocycles. The van der Waals surface area contributed by atoms with Crippen LogP contribution in [0.4, 0.5) is 5.69 Å². The van der Waals surface area contributed by atoms with Crippen molar-refractivity contribution in [3.8, 4) is 5.75 Å². The van der Waals surface area contributed by atoms with Crippen molar-refractivity contribution < 1.29 is 4.74 Å². The molecule has 1 aromatic carbocycles. The molecule has 118 valence electrons. The van der Waals surface area contributed by atoms with Crippen molar-refractivity contribution in [1.29, 1.82) is 0 Å². The standard InChI is InChI=1S/C17H29N3O/c1-3-20-11-8-16(9-12-20)19(2)10-5-13-21-17-7-4-6-15(18)14-17/h4,6-7,14,16H,3,5,8-13,18H2,1-2H3. The molecule has 1 fully saturated rings. The van der Waals surface area contributed by atoms with Gasteiger partial charge in [-0.25, -0.2) is 0 Å². The Morgan fingerprint density at radius 2 is 2.10 bits per heavy atom. The Labute approximate surface area is 128 Å². The maximum atomic E-state index is 5.74. The van der Waals surface area contributed by atoms with Gasteiger partial charge in [0, 0.05) is 24.3 Å². The van der Waals surface area contributed by atoms with Crippen molar-refractivity contribution >= 4 is 5.69 Å². The summed E-state index contributed by atoms with van der Waals surface area (Å²) in [6.07, 6.45) is 3.64. The highest BCUT2D eigenvalue weighted by molar-refractivity contribution is 5.43. The molecule has 0 aromatic heterocycles. The number of nitrogens with zero attached hydrogens (tertiary/aromatic N) is 2. The van der Waals surface area contributed by atoms with Gasteiger partial charge in [-0.15, -0.1) is 0 Å². The van der Waals surface area contributed by atoms with E-state index < -0.39 is 0 Å². The number of hydrogen-bond acceptors (Lipinski definition) is 4. The van der Waals surface area contributed by atoms with Gasteiger partial charge < -0.3 is 20.3 Å². The molecule has 4 heteroatoms. The topological polar surface area (TPSA) is 41.7 Å². The number of nitrogens with two attached hydrogens (primary N) is 1. The van der Waals surface area contributed by atoms with Gasteiger partial charge in [-0.05, 0) is 58.1 Å². The Kier molecular flexibility index (Phi) is 6.33. The molecule has 0 amide bonds. The van der Waals surface area contributed by atoms with E-state index in [4.69, 9.17) is 10.5 Å². The predicted molar refractivity (Wildman–Crippen MR) is 88.7 cm³/mol. The quantitative estimate of drug-likeness (QED) is 0.619. The third-order valence-corrected chi connectivity index (χ3v) is 4.41. The molecule has 0 unspecified atom stereocenters. The first kappa shape index (κ1) is 16.1. The number of rotatable bonds is 7. The van der Waals surface area contributed by atoms with Gasteiger partial charge in [-0.2, -0.15) is 0 Å². The maximum Gasteiger partial charge on any atom is 0.121 e. The van der Waals surface area contributed by atoms with E-state index in [0.717, 1.165) is 37.1 Å². The first-order chi connectivity index (χ1) is 10.2. The van der Waals surface area contributed by atoms with Crippen molar-refractivity contribution in [1.82, 2.24) is 9.80 Å². The predicted octanol–water partition coefficient (Wildman–Crippen LogP) is 2.45. The first-order valence-electron chi connectivity index (χ1n) is 8.10. The van der Waals surface area contributed by atoms with E-state index in [1.165, 1.54) is 32.5 Å². The summed E-state index contributed by atoms with van der Waals surface area (Å²) >= 11 is 0. The highest BCUT2D eigenvalue weighted by Crippen LogP contribution is 2.16. The van der Waals surface area contributed by atoms with E-state index in [-0.39, 0.29) is 0 Å². The summed E-state index contributed by atoms with van der Waals surface area (Å²) in [6.45, 7) is 7.76. The molecule has 0 bridgehead atoms. The SMILES string of the molecule is CCN1CCC(N(C)CCCOc2cccc(N)c2)CC1. The van der Waals surface area contributed by atoms with E-state index >= 15 is 0 Å². The van der Waals surface area contributed by atoms with Crippen LogP contribution < -0.4 is 10.5 Å². The van der Waals surface area contributed by atoms with Crippen molar-refractivity contribution in [3.05, 3.63) is 24.3 Å². The lowest BCUT2D eigenvalue weighted by Crippen LogP contribution is -2.43. The van der Waals surface area contributed by atoms with Gasteiger partial charge in [0.2, 0.25) is 0 Å². The van der Waals surface area contributed by atoms with Crippen molar-refractivity contribution in [3.63, 3.8) is 0 Å². The number of piperidine rings is 1. The third-order valence-electron chi connectivity index (χ3n) is 4.41. The number of ether oxygens (including phenoxy) is 1. The highest BCUT2D eigenvalue weighted by Gasteiger charge is 2.20. The summed E-state index contributed by atoms with van der Waals surface area (Å²) in [5.41, 5.74) is 6.50. The minimum absolute atomic E-state index is 0.736. The fraction of sp³-hybridized carbons (Fsp3) is 0.647. The molecular weight excluding hydrogens is 262 g/mol. The molecule has 2 rings (SSSR count). The maximum absolute atomic E-state index is 5.74. The lowest BCUT2D eigenvalue weighted by Gasteiger charge is -2.36. The van der Waals surface area contributed by atoms with Crippen LogP contribution in [0.3, 0.4) is 0 Å². The number of nitrogen functional groups attached to an aromatic ring is 1. The van der Waals surface area contributed by atoms with Crippen molar-refractivity contribution in [2.45, 2.75) is 32.2 Å². The summed E-state index contributed by atoms with van der Waals surface area (Å²) in [5, 5.41) is 0. The van der Waals surface area contributed by atoms with Crippen molar-refractivity contribution in [2.24, 2.45) is 0 Å². The van der Waals surface area contributed by atoms with Crippen LogP contribution in [0.1, 0.15) is 26.2 Å². The van der Waals surface area contributed by atoms with E-state index in [1.54, 1.807) is 0 Å². The van der Waals surface area contributed by atoms with Crippen LogP contribution in [0.2, 0.25) is 0 Å². The van der Waals surface area contributed by atoms with Gasteiger partial charge >= 0.3 is 0 Å². The molecule has 0 spiro atoms. The number of hydrogen-bond donors (Lipinski definition) is 1. The molecule has 2 N–H and O–H groups in total. The zero-order chi connectivity index (χ0) is 15.1. The van der Waals surface area contributed by atoms with E-state index in [1.807, 2.05) is 24.3 Å². The Balaban J connectivity index is 1.62. The lowest BCUT2D eigenvalue weighted by atomic mass is 10.0. The highest BCUT2D eigenvalue weighted by atomic mass is 16.5. The monoisotopic (exact) mass is 291 g/mol. The molecule has 0 atom stereocenters. The first-order valence-corrected chi connectivity index (χ1v) is 8.10. The minimum Gasteiger partial charge on any atom is -0.493 e. The zero-order valence-electron chi connectivity index (χ0n) is 13.4. The minimum atomic E-state index is 0.736. The molecule has 1 aromatic rings. The molecule has 1 aliphatic rings. The second-order valence-electron chi connectivity index (χ2n) is 5.92. The Morgan fingerprint density at radius 1 is 1.33 bits per heavy atom. The fourth-order valence-corrected chi connectivity index (χ4v) is 2.97. The molecule has 0 aliphatic carbocycles. The van der Waals surface area contributed by atoms with Crippen molar-refractivity contribution in [2.75, 3.05) is 45.6 Å². The Morgan fingerprint density at radius 3 is 2.76 bits per heavy atom. The van der Waals surface area contributed by atoms with Gasteiger partial charge in [0.1, 0.15) is 5.75 Å². The van der Waals surface area contributed by atoms with Gasteiger partial charge in [-0.3, -0.25) is 0 Å². The van der Waals surface area contributed by atoms with Crippen LogP contribution in [-0.4, -0.2) is 55.7 Å². The molecule has 0 saturated carbocycles. The summed E-state index contributed by atoms with van der Waals surface area (Å²) < 4.78 is 5.74. The van der Waals surface area contributed by atoms with Crippen LogP contribution >= 0.6 is 0 Å². The summed E-state index contributed by atoms with van der Waals surface area (Å²) in [7, 11) is 2.24. The lowest BCUT2D eigenvalue weighted by molar-refractivity contribution is 0.126. The molecule has 21 heavy (non-hydrogen) atoms. The second-order valence-corrected chi connectivity index (χ2v) is 5.92. The van der Waals surface area contributed by atoms with Crippen LogP contribution in [0, 0.1) is 0 Å². The van der Waals surface area contributed by atoms with Gasteiger partial charge in [0.05, 0.1) is 6.61 Å². The van der Waals surface area contributed by atoms with E-state index in [2.05, 4.69) is 23.8 Å². The largest absolute Gasteiger partial charge is 0.493 e.